The molecule has 0 fully saturated rings. The molecule has 39 heavy (non-hydrogen) atoms. The van der Waals surface area contributed by atoms with Gasteiger partial charge < -0.3 is 11.1 Å². The summed E-state index contributed by atoms with van der Waals surface area (Å²) >= 11 is 7.20. The maximum absolute atomic E-state index is 13.2. The van der Waals surface area contributed by atoms with Crippen molar-refractivity contribution in [2.75, 3.05) is 16.6 Å². The van der Waals surface area contributed by atoms with Crippen LogP contribution in [0.15, 0.2) is 83.8 Å². The van der Waals surface area contributed by atoms with E-state index in [1.54, 1.807) is 18.2 Å². The molecule has 0 radical (unpaired) electrons. The van der Waals surface area contributed by atoms with Crippen molar-refractivity contribution in [3.05, 3.63) is 111 Å². The predicted molar refractivity (Wildman–Crippen MR) is 154 cm³/mol. The zero-order valence-corrected chi connectivity index (χ0v) is 23.1. The number of nitrogens with two attached hydrogens (primary N) is 1. The summed E-state index contributed by atoms with van der Waals surface area (Å²) in [4.78, 5) is 28.9. The maximum atomic E-state index is 13.2. The van der Waals surface area contributed by atoms with Gasteiger partial charge in [-0.05, 0) is 60.0 Å². The third kappa shape index (κ3) is 6.15. The smallest absolute Gasteiger partial charge is 0.261 e. The minimum atomic E-state index is -3.88. The molecule has 2 amide bonds. The van der Waals surface area contributed by atoms with E-state index in [0.29, 0.717) is 28.6 Å². The lowest BCUT2D eigenvalue weighted by Crippen LogP contribution is -2.30. The highest BCUT2D eigenvalue weighted by atomic mass is 35.5. The molecule has 2 heterocycles. The van der Waals surface area contributed by atoms with Crippen molar-refractivity contribution in [3.8, 4) is 0 Å². The average Bonchev–Trinajstić information content (AvgIpc) is 3.26. The SMILES string of the molecule is NC(=O)c1c(NC(=O)c2cccc(NS(=O)(=O)c3ccc(Cl)cc3)c2)sc2c1CCN(Cc1ccccc1)C2. The van der Waals surface area contributed by atoms with Gasteiger partial charge in [0.15, 0.2) is 0 Å². The fraction of sp³-hybridized carbons (Fsp3) is 0.143. The number of nitrogens with zero attached hydrogens (tertiary/aromatic N) is 1. The standard InChI is InChI=1S/C28H25ClN4O4S2/c29-20-9-11-22(12-10-20)39(36,37)32-21-8-4-7-19(15-21)27(35)31-28-25(26(30)34)23-13-14-33(17-24(23)38-28)16-18-5-2-1-3-6-18/h1-12,15,32H,13-14,16-17H2,(H2,30,34)(H,31,35). The molecule has 4 aromatic rings. The number of sulfonamides is 1. The second-order valence-corrected chi connectivity index (χ2v) is 12.3. The molecule has 0 unspecified atom stereocenters. The molecule has 1 aromatic heterocycles. The Morgan fingerprint density at radius 3 is 2.46 bits per heavy atom. The zero-order valence-electron chi connectivity index (χ0n) is 20.7. The van der Waals surface area contributed by atoms with Crippen molar-refractivity contribution in [2.45, 2.75) is 24.4 Å². The van der Waals surface area contributed by atoms with Crippen LogP contribution in [0.2, 0.25) is 5.02 Å². The van der Waals surface area contributed by atoms with Crippen LogP contribution in [0.25, 0.3) is 0 Å². The van der Waals surface area contributed by atoms with Crippen LogP contribution in [0.5, 0.6) is 0 Å². The van der Waals surface area contributed by atoms with Gasteiger partial charge in [0.2, 0.25) is 0 Å². The van der Waals surface area contributed by atoms with Crippen LogP contribution in [0, 0.1) is 0 Å². The van der Waals surface area contributed by atoms with Gasteiger partial charge in [-0.3, -0.25) is 19.2 Å². The Balaban J connectivity index is 1.33. The van der Waals surface area contributed by atoms with E-state index in [0.717, 1.165) is 23.5 Å². The Kier molecular flexibility index (Phi) is 7.72. The topological polar surface area (TPSA) is 122 Å². The monoisotopic (exact) mass is 580 g/mol. The molecule has 0 aliphatic carbocycles. The Morgan fingerprint density at radius 1 is 1.00 bits per heavy atom. The normalized spacial score (nSPS) is 13.5. The van der Waals surface area contributed by atoms with Crippen molar-refractivity contribution in [1.29, 1.82) is 0 Å². The number of halogens is 1. The summed E-state index contributed by atoms with van der Waals surface area (Å²) in [5.74, 6) is -1.08. The van der Waals surface area contributed by atoms with Crippen LogP contribution in [0.4, 0.5) is 10.7 Å². The van der Waals surface area contributed by atoms with Crippen LogP contribution in [-0.4, -0.2) is 31.7 Å². The van der Waals surface area contributed by atoms with Gasteiger partial charge in [-0.25, -0.2) is 8.42 Å². The van der Waals surface area contributed by atoms with Crippen molar-refractivity contribution in [3.63, 3.8) is 0 Å². The van der Waals surface area contributed by atoms with Gasteiger partial charge >= 0.3 is 0 Å². The first kappa shape index (κ1) is 26.9. The van der Waals surface area contributed by atoms with Gasteiger partial charge in [0.1, 0.15) is 5.00 Å². The first-order valence-electron chi connectivity index (χ1n) is 12.1. The Hall–Kier alpha value is -3.70. The zero-order chi connectivity index (χ0) is 27.6. The minimum absolute atomic E-state index is 0.0401. The number of fused-ring (bicyclic) bond motifs is 1. The molecule has 0 saturated heterocycles. The van der Waals surface area contributed by atoms with Gasteiger partial charge in [0.25, 0.3) is 21.8 Å². The van der Waals surface area contributed by atoms with Crippen LogP contribution in [0.3, 0.4) is 0 Å². The number of rotatable bonds is 8. The number of primary amides is 1. The van der Waals surface area contributed by atoms with Crippen molar-refractivity contribution in [2.24, 2.45) is 5.73 Å². The first-order valence-corrected chi connectivity index (χ1v) is 14.8. The number of nitrogens with one attached hydrogen (secondary N) is 2. The number of carbonyl (C=O) groups is 2. The number of amides is 2. The number of hydrogen-bond donors (Lipinski definition) is 3. The lowest BCUT2D eigenvalue weighted by Gasteiger charge is -2.27. The lowest BCUT2D eigenvalue weighted by atomic mass is 10.0. The van der Waals surface area contributed by atoms with Crippen molar-refractivity contribution >= 4 is 55.5 Å². The number of anilines is 2. The first-order chi connectivity index (χ1) is 18.7. The highest BCUT2D eigenvalue weighted by Crippen LogP contribution is 2.37. The summed E-state index contributed by atoms with van der Waals surface area (Å²) in [7, 11) is -3.88. The van der Waals surface area contributed by atoms with E-state index in [1.807, 2.05) is 18.2 Å². The fourth-order valence-electron chi connectivity index (χ4n) is 4.51. The molecule has 1 aliphatic rings. The summed E-state index contributed by atoms with van der Waals surface area (Å²) in [6, 6.07) is 22.0. The molecule has 0 bridgehead atoms. The molecule has 11 heteroatoms. The average molecular weight is 581 g/mol. The number of thiophene rings is 1. The van der Waals surface area contributed by atoms with E-state index in [2.05, 4.69) is 27.1 Å². The quantitative estimate of drug-likeness (QED) is 0.267. The lowest BCUT2D eigenvalue weighted by molar-refractivity contribution is 0.0999. The number of hydrogen-bond acceptors (Lipinski definition) is 6. The Morgan fingerprint density at radius 2 is 1.74 bits per heavy atom. The highest BCUT2D eigenvalue weighted by Gasteiger charge is 2.28. The van der Waals surface area contributed by atoms with Crippen LogP contribution < -0.4 is 15.8 Å². The molecule has 3 aromatic carbocycles. The maximum Gasteiger partial charge on any atom is 0.261 e. The van der Waals surface area contributed by atoms with E-state index in [4.69, 9.17) is 17.3 Å². The van der Waals surface area contributed by atoms with E-state index in [-0.39, 0.29) is 16.1 Å². The van der Waals surface area contributed by atoms with Gasteiger partial charge in [-0.1, -0.05) is 48.0 Å². The molecular weight excluding hydrogens is 556 g/mol. The molecule has 1 aliphatic heterocycles. The molecule has 200 valence electrons. The highest BCUT2D eigenvalue weighted by molar-refractivity contribution is 7.92. The molecule has 5 rings (SSSR count). The van der Waals surface area contributed by atoms with E-state index in [9.17, 15) is 18.0 Å². The van der Waals surface area contributed by atoms with Gasteiger partial charge in [-0.15, -0.1) is 11.3 Å². The van der Waals surface area contributed by atoms with Crippen LogP contribution in [-0.2, 0) is 29.5 Å². The molecule has 0 saturated carbocycles. The summed E-state index contributed by atoms with van der Waals surface area (Å²) in [5.41, 5.74) is 8.58. The predicted octanol–water partition coefficient (Wildman–Crippen LogP) is 5.11. The van der Waals surface area contributed by atoms with Crippen LogP contribution in [0.1, 0.15) is 36.7 Å². The summed E-state index contributed by atoms with van der Waals surface area (Å²) in [6.45, 7) is 2.19. The fourth-order valence-corrected chi connectivity index (χ4v) is 6.97. The van der Waals surface area contributed by atoms with E-state index < -0.39 is 21.8 Å². The van der Waals surface area contributed by atoms with E-state index >= 15 is 0 Å². The largest absolute Gasteiger partial charge is 0.365 e. The Bertz CT molecular complexity index is 1640. The van der Waals surface area contributed by atoms with Gasteiger partial charge in [0.05, 0.1) is 10.5 Å². The van der Waals surface area contributed by atoms with Crippen molar-refractivity contribution in [1.82, 2.24) is 4.90 Å². The second kappa shape index (κ2) is 11.2. The third-order valence-electron chi connectivity index (χ3n) is 6.36. The van der Waals surface area contributed by atoms with Crippen molar-refractivity contribution < 1.29 is 18.0 Å². The molecule has 0 atom stereocenters. The minimum Gasteiger partial charge on any atom is -0.365 e. The Labute approximate surface area is 235 Å². The number of carbonyl (C=O) groups excluding carboxylic acids is 2. The molecule has 8 nitrogen and oxygen atoms in total. The van der Waals surface area contributed by atoms with Gasteiger partial charge in [-0.2, -0.15) is 0 Å². The number of benzene rings is 3. The van der Waals surface area contributed by atoms with Gasteiger partial charge in [0, 0.05) is 40.8 Å². The second-order valence-electron chi connectivity index (χ2n) is 9.11. The molecule has 0 spiro atoms. The summed E-state index contributed by atoms with van der Waals surface area (Å²) in [5, 5.41) is 3.64. The summed E-state index contributed by atoms with van der Waals surface area (Å²) in [6.07, 6.45) is 0.648. The van der Waals surface area contributed by atoms with Crippen LogP contribution >= 0.6 is 22.9 Å². The summed E-state index contributed by atoms with van der Waals surface area (Å²) < 4.78 is 28.0. The third-order valence-corrected chi connectivity index (χ3v) is 9.14. The molecular formula is C28H25ClN4O4S2. The molecule has 4 N–H and O–H groups in total. The van der Waals surface area contributed by atoms with E-state index in [1.165, 1.54) is 47.2 Å².